The SMILES string of the molecule is Fc1ncccc1-c1ccc2c(cnn2-c2ccncc2)c1. The first-order valence-electron chi connectivity index (χ1n) is 6.82. The lowest BCUT2D eigenvalue weighted by atomic mass is 10.1. The van der Waals surface area contributed by atoms with Crippen LogP contribution in [0.1, 0.15) is 0 Å². The van der Waals surface area contributed by atoms with E-state index in [0.717, 1.165) is 22.2 Å². The van der Waals surface area contributed by atoms with E-state index in [-0.39, 0.29) is 0 Å². The number of rotatable bonds is 2. The molecule has 0 saturated carbocycles. The maximum absolute atomic E-state index is 13.8. The van der Waals surface area contributed by atoms with E-state index in [4.69, 9.17) is 0 Å². The number of fused-ring (bicyclic) bond motifs is 1. The second-order valence-corrected chi connectivity index (χ2v) is 4.88. The molecule has 0 radical (unpaired) electrons. The summed E-state index contributed by atoms with van der Waals surface area (Å²) in [6.07, 6.45) is 6.66. The van der Waals surface area contributed by atoms with Gasteiger partial charge in [0.25, 0.3) is 0 Å². The number of benzene rings is 1. The van der Waals surface area contributed by atoms with Crippen molar-refractivity contribution in [3.8, 4) is 16.8 Å². The minimum absolute atomic E-state index is 0.469. The highest BCUT2D eigenvalue weighted by molar-refractivity contribution is 5.85. The molecule has 4 aromatic rings. The van der Waals surface area contributed by atoms with E-state index in [9.17, 15) is 4.39 Å². The van der Waals surface area contributed by atoms with Gasteiger partial charge in [-0.2, -0.15) is 9.49 Å². The zero-order valence-electron chi connectivity index (χ0n) is 11.5. The Morgan fingerprint density at radius 2 is 1.82 bits per heavy atom. The third-order valence-electron chi connectivity index (χ3n) is 3.55. The molecule has 22 heavy (non-hydrogen) atoms. The number of nitrogens with zero attached hydrogens (tertiary/aromatic N) is 4. The van der Waals surface area contributed by atoms with E-state index in [2.05, 4.69) is 15.1 Å². The molecule has 0 bridgehead atoms. The Labute approximate surface area is 125 Å². The van der Waals surface area contributed by atoms with Crippen LogP contribution in [0.4, 0.5) is 4.39 Å². The number of hydrogen-bond donors (Lipinski definition) is 0. The summed E-state index contributed by atoms with van der Waals surface area (Å²) in [5.41, 5.74) is 3.16. The first kappa shape index (κ1) is 12.6. The second kappa shape index (κ2) is 5.04. The van der Waals surface area contributed by atoms with Crippen LogP contribution in [0.15, 0.2) is 67.3 Å². The van der Waals surface area contributed by atoms with Crippen LogP contribution in [0.3, 0.4) is 0 Å². The van der Waals surface area contributed by atoms with E-state index >= 15 is 0 Å². The summed E-state index contributed by atoms with van der Waals surface area (Å²) in [4.78, 5) is 7.70. The summed E-state index contributed by atoms with van der Waals surface area (Å²) in [5, 5.41) is 5.34. The largest absolute Gasteiger partial charge is 0.265 e. The zero-order valence-corrected chi connectivity index (χ0v) is 11.5. The molecule has 4 nitrogen and oxygen atoms in total. The molecule has 3 aromatic heterocycles. The van der Waals surface area contributed by atoms with Gasteiger partial charge in [0.15, 0.2) is 0 Å². The zero-order chi connectivity index (χ0) is 14.9. The topological polar surface area (TPSA) is 43.6 Å². The normalized spacial score (nSPS) is 11.0. The average molecular weight is 290 g/mol. The molecule has 5 heteroatoms. The van der Waals surface area contributed by atoms with Gasteiger partial charge < -0.3 is 0 Å². The fourth-order valence-corrected chi connectivity index (χ4v) is 2.49. The highest BCUT2D eigenvalue weighted by atomic mass is 19.1. The second-order valence-electron chi connectivity index (χ2n) is 4.88. The number of hydrogen-bond acceptors (Lipinski definition) is 3. The molecule has 106 valence electrons. The first-order valence-corrected chi connectivity index (χ1v) is 6.82. The number of aromatic nitrogens is 4. The van der Waals surface area contributed by atoms with Crippen LogP contribution in [0, 0.1) is 5.95 Å². The van der Waals surface area contributed by atoms with Crippen molar-refractivity contribution in [2.24, 2.45) is 0 Å². The lowest BCUT2D eigenvalue weighted by Gasteiger charge is -2.05. The maximum Gasteiger partial charge on any atom is 0.220 e. The highest BCUT2D eigenvalue weighted by Crippen LogP contribution is 2.26. The van der Waals surface area contributed by atoms with Gasteiger partial charge in [0.1, 0.15) is 0 Å². The molecule has 0 aliphatic rings. The van der Waals surface area contributed by atoms with Crippen LogP contribution < -0.4 is 0 Å². The summed E-state index contributed by atoms with van der Waals surface area (Å²) in [6.45, 7) is 0. The van der Waals surface area contributed by atoms with Crippen molar-refractivity contribution in [3.05, 3.63) is 73.2 Å². The molecule has 0 saturated heterocycles. The Bertz CT molecular complexity index is 947. The van der Waals surface area contributed by atoms with Crippen LogP contribution in [0.2, 0.25) is 0 Å². The minimum atomic E-state index is -0.469. The van der Waals surface area contributed by atoms with Crippen molar-refractivity contribution >= 4 is 10.9 Å². The van der Waals surface area contributed by atoms with E-state index in [1.807, 2.05) is 35.0 Å². The molecule has 0 amide bonds. The van der Waals surface area contributed by atoms with E-state index in [0.29, 0.717) is 5.56 Å². The first-order chi connectivity index (χ1) is 10.8. The fraction of sp³-hybridized carbons (Fsp3) is 0. The van der Waals surface area contributed by atoms with Gasteiger partial charge in [-0.1, -0.05) is 6.07 Å². The summed E-state index contributed by atoms with van der Waals surface area (Å²) in [5.74, 6) is -0.469. The van der Waals surface area contributed by atoms with Gasteiger partial charge in [-0.3, -0.25) is 4.98 Å². The molecule has 0 atom stereocenters. The van der Waals surface area contributed by atoms with Crippen LogP contribution in [-0.2, 0) is 0 Å². The van der Waals surface area contributed by atoms with Crippen molar-refractivity contribution in [1.29, 1.82) is 0 Å². The van der Waals surface area contributed by atoms with Crippen LogP contribution in [0.25, 0.3) is 27.7 Å². The molecular formula is C17H11FN4. The van der Waals surface area contributed by atoms with E-state index in [1.165, 1.54) is 6.20 Å². The van der Waals surface area contributed by atoms with Crippen molar-refractivity contribution in [2.75, 3.05) is 0 Å². The molecular weight excluding hydrogens is 279 g/mol. The van der Waals surface area contributed by atoms with Gasteiger partial charge in [0, 0.05) is 29.5 Å². The fourth-order valence-electron chi connectivity index (χ4n) is 2.49. The molecule has 0 N–H and O–H groups in total. The van der Waals surface area contributed by atoms with Crippen molar-refractivity contribution < 1.29 is 4.39 Å². The van der Waals surface area contributed by atoms with Gasteiger partial charge in [-0.05, 0) is 42.0 Å². The smallest absolute Gasteiger partial charge is 0.220 e. The van der Waals surface area contributed by atoms with Crippen LogP contribution >= 0.6 is 0 Å². The molecule has 0 fully saturated rings. The molecule has 0 unspecified atom stereocenters. The van der Waals surface area contributed by atoms with Gasteiger partial charge >= 0.3 is 0 Å². The maximum atomic E-state index is 13.8. The average Bonchev–Trinajstić information content (AvgIpc) is 2.99. The quantitative estimate of drug-likeness (QED) is 0.530. The van der Waals surface area contributed by atoms with Gasteiger partial charge in [-0.15, -0.1) is 0 Å². The monoisotopic (exact) mass is 290 g/mol. The van der Waals surface area contributed by atoms with Crippen molar-refractivity contribution in [3.63, 3.8) is 0 Å². The standard InChI is InChI=1S/C17H11FN4/c18-17-15(2-1-7-20-17)12-3-4-16-13(10-12)11-21-22(16)14-5-8-19-9-6-14/h1-11H. The van der Waals surface area contributed by atoms with Gasteiger partial charge in [-0.25, -0.2) is 9.67 Å². The summed E-state index contributed by atoms with van der Waals surface area (Å²) in [7, 11) is 0. The van der Waals surface area contributed by atoms with Gasteiger partial charge in [0.2, 0.25) is 5.95 Å². The number of pyridine rings is 2. The van der Waals surface area contributed by atoms with E-state index < -0.39 is 5.95 Å². The molecule has 0 aliphatic heterocycles. The van der Waals surface area contributed by atoms with Crippen molar-refractivity contribution in [1.82, 2.24) is 19.7 Å². The molecule has 1 aromatic carbocycles. The van der Waals surface area contributed by atoms with Gasteiger partial charge in [0.05, 0.1) is 17.4 Å². The molecule has 4 rings (SSSR count). The Balaban J connectivity index is 1.86. The lowest BCUT2D eigenvalue weighted by Crippen LogP contribution is -1.95. The highest BCUT2D eigenvalue weighted by Gasteiger charge is 2.09. The molecule has 0 aliphatic carbocycles. The predicted molar refractivity (Wildman–Crippen MR) is 82.1 cm³/mol. The Morgan fingerprint density at radius 3 is 2.64 bits per heavy atom. The van der Waals surface area contributed by atoms with Crippen molar-refractivity contribution in [2.45, 2.75) is 0 Å². The van der Waals surface area contributed by atoms with E-state index in [1.54, 1.807) is 30.7 Å². The van der Waals surface area contributed by atoms with Crippen LogP contribution in [0.5, 0.6) is 0 Å². The Hall–Kier alpha value is -3.08. The summed E-state index contributed by atoms with van der Waals surface area (Å²) >= 11 is 0. The Morgan fingerprint density at radius 1 is 0.955 bits per heavy atom. The minimum Gasteiger partial charge on any atom is -0.265 e. The summed E-state index contributed by atoms with van der Waals surface area (Å²) < 4.78 is 15.6. The summed E-state index contributed by atoms with van der Waals surface area (Å²) in [6, 6.07) is 13.0. The van der Waals surface area contributed by atoms with Crippen LogP contribution in [-0.4, -0.2) is 19.7 Å². The third kappa shape index (κ3) is 2.03. The predicted octanol–water partition coefficient (Wildman–Crippen LogP) is 3.62. The third-order valence-corrected chi connectivity index (χ3v) is 3.55. The Kier molecular flexibility index (Phi) is 2.89. The molecule has 3 heterocycles. The number of halogens is 1. The molecule has 0 spiro atoms. The lowest BCUT2D eigenvalue weighted by molar-refractivity contribution is 0.587.